The summed E-state index contributed by atoms with van der Waals surface area (Å²) in [6.07, 6.45) is 1.98. The van der Waals surface area contributed by atoms with E-state index in [2.05, 4.69) is 4.72 Å². The Kier molecular flexibility index (Phi) is 2.99. The van der Waals surface area contributed by atoms with E-state index in [0.717, 1.165) is 12.8 Å². The molecule has 1 aliphatic rings. The number of hydrogen-bond acceptors (Lipinski definition) is 3. The molecule has 4 nitrogen and oxygen atoms in total. The first kappa shape index (κ1) is 11.5. The number of anilines is 2. The van der Waals surface area contributed by atoms with Gasteiger partial charge >= 0.3 is 0 Å². The summed E-state index contributed by atoms with van der Waals surface area (Å²) in [4.78, 5) is 0. The molecule has 0 aromatic heterocycles. The molecule has 88 valence electrons. The molecule has 0 unspecified atom stereocenters. The summed E-state index contributed by atoms with van der Waals surface area (Å²) >= 11 is 5.87. The average molecular weight is 261 g/mol. The third-order valence-corrected chi connectivity index (χ3v) is 4.18. The standard InChI is InChI=1S/C10H13ClN2O2S/c11-9-4-3-8(12)5-10(9)13-16(14,15)6-7-1-2-7/h3-5,7,13H,1-2,6,12H2. The van der Waals surface area contributed by atoms with Crippen LogP contribution in [0.15, 0.2) is 18.2 Å². The SMILES string of the molecule is Nc1ccc(Cl)c(NS(=O)(=O)CC2CC2)c1. The first-order chi connectivity index (χ1) is 7.46. The van der Waals surface area contributed by atoms with Crippen molar-refractivity contribution in [1.82, 2.24) is 0 Å². The van der Waals surface area contributed by atoms with Gasteiger partial charge in [0.25, 0.3) is 0 Å². The maximum atomic E-state index is 11.7. The van der Waals surface area contributed by atoms with E-state index < -0.39 is 10.0 Å². The Bertz CT molecular complexity index is 498. The minimum atomic E-state index is -3.30. The van der Waals surface area contributed by atoms with Gasteiger partial charge in [-0.25, -0.2) is 8.42 Å². The van der Waals surface area contributed by atoms with E-state index in [1.54, 1.807) is 12.1 Å². The fourth-order valence-corrected chi connectivity index (χ4v) is 3.19. The van der Waals surface area contributed by atoms with E-state index in [-0.39, 0.29) is 5.75 Å². The molecule has 1 aromatic rings. The highest BCUT2D eigenvalue weighted by Gasteiger charge is 2.28. The molecular formula is C10H13ClN2O2S. The van der Waals surface area contributed by atoms with Crippen molar-refractivity contribution in [1.29, 1.82) is 0 Å². The van der Waals surface area contributed by atoms with Crippen molar-refractivity contribution in [3.8, 4) is 0 Å². The van der Waals surface area contributed by atoms with Crippen molar-refractivity contribution < 1.29 is 8.42 Å². The maximum absolute atomic E-state index is 11.7. The lowest BCUT2D eigenvalue weighted by Crippen LogP contribution is -2.18. The second kappa shape index (κ2) is 4.14. The van der Waals surface area contributed by atoms with E-state index in [0.29, 0.717) is 22.3 Å². The Morgan fingerprint density at radius 3 is 2.75 bits per heavy atom. The van der Waals surface area contributed by atoms with Crippen molar-refractivity contribution >= 4 is 33.0 Å². The summed E-state index contributed by atoms with van der Waals surface area (Å²) in [6.45, 7) is 0. The van der Waals surface area contributed by atoms with Crippen molar-refractivity contribution in [3.63, 3.8) is 0 Å². The zero-order chi connectivity index (χ0) is 11.8. The predicted molar refractivity (Wildman–Crippen MR) is 66.0 cm³/mol. The molecule has 0 atom stereocenters. The quantitative estimate of drug-likeness (QED) is 0.814. The molecule has 16 heavy (non-hydrogen) atoms. The fourth-order valence-electron chi connectivity index (χ4n) is 1.43. The first-order valence-corrected chi connectivity index (χ1v) is 7.05. The van der Waals surface area contributed by atoms with Gasteiger partial charge in [-0.2, -0.15) is 0 Å². The number of nitrogens with two attached hydrogens (primary N) is 1. The second-order valence-electron chi connectivity index (χ2n) is 4.07. The van der Waals surface area contributed by atoms with Crippen LogP contribution in [0.2, 0.25) is 5.02 Å². The molecule has 0 radical (unpaired) electrons. The van der Waals surface area contributed by atoms with Crippen LogP contribution in [-0.4, -0.2) is 14.2 Å². The normalized spacial score (nSPS) is 16.1. The number of hydrogen-bond donors (Lipinski definition) is 2. The molecule has 1 saturated carbocycles. The highest BCUT2D eigenvalue weighted by atomic mass is 35.5. The Balaban J connectivity index is 2.15. The molecule has 0 bridgehead atoms. The molecule has 0 saturated heterocycles. The minimum Gasteiger partial charge on any atom is -0.399 e. The number of benzene rings is 1. The van der Waals surface area contributed by atoms with Crippen LogP contribution in [0.5, 0.6) is 0 Å². The van der Waals surface area contributed by atoms with Crippen molar-refractivity contribution in [2.75, 3.05) is 16.2 Å². The number of nitrogens with one attached hydrogen (secondary N) is 1. The molecule has 0 heterocycles. The molecule has 3 N–H and O–H groups in total. The Hall–Kier alpha value is -0.940. The van der Waals surface area contributed by atoms with Gasteiger partial charge < -0.3 is 5.73 Å². The van der Waals surface area contributed by atoms with Gasteiger partial charge in [-0.15, -0.1) is 0 Å². The van der Waals surface area contributed by atoms with E-state index in [4.69, 9.17) is 17.3 Å². The number of nitrogen functional groups attached to an aromatic ring is 1. The lowest BCUT2D eigenvalue weighted by Gasteiger charge is -2.09. The topological polar surface area (TPSA) is 72.2 Å². The van der Waals surface area contributed by atoms with Gasteiger partial charge in [-0.1, -0.05) is 11.6 Å². The number of rotatable bonds is 4. The van der Waals surface area contributed by atoms with Crippen molar-refractivity contribution in [3.05, 3.63) is 23.2 Å². The van der Waals surface area contributed by atoms with Crippen LogP contribution in [0.25, 0.3) is 0 Å². The average Bonchev–Trinajstić information content (AvgIpc) is 2.94. The van der Waals surface area contributed by atoms with Crippen molar-refractivity contribution in [2.45, 2.75) is 12.8 Å². The molecule has 0 spiro atoms. The van der Waals surface area contributed by atoms with Gasteiger partial charge in [-0.05, 0) is 37.0 Å². The largest absolute Gasteiger partial charge is 0.399 e. The first-order valence-electron chi connectivity index (χ1n) is 5.02. The van der Waals surface area contributed by atoms with Gasteiger partial charge in [0.2, 0.25) is 10.0 Å². The van der Waals surface area contributed by atoms with E-state index in [1.165, 1.54) is 6.07 Å². The fraction of sp³-hybridized carbons (Fsp3) is 0.400. The Labute approximate surface area is 99.8 Å². The van der Waals surface area contributed by atoms with Crippen molar-refractivity contribution in [2.24, 2.45) is 5.92 Å². The number of halogens is 1. The van der Waals surface area contributed by atoms with Crippen LogP contribution in [0.4, 0.5) is 11.4 Å². The second-order valence-corrected chi connectivity index (χ2v) is 6.24. The molecule has 1 aliphatic carbocycles. The summed E-state index contributed by atoms with van der Waals surface area (Å²) in [5.41, 5.74) is 6.40. The smallest absolute Gasteiger partial charge is 0.233 e. The molecule has 0 amide bonds. The molecular weight excluding hydrogens is 248 g/mol. The zero-order valence-corrected chi connectivity index (χ0v) is 10.2. The van der Waals surface area contributed by atoms with Gasteiger partial charge in [0.05, 0.1) is 16.5 Å². The third kappa shape index (κ3) is 3.02. The Morgan fingerprint density at radius 1 is 1.44 bits per heavy atom. The summed E-state index contributed by atoms with van der Waals surface area (Å²) < 4.78 is 25.9. The molecule has 6 heteroatoms. The van der Waals surface area contributed by atoms with Gasteiger partial charge in [0, 0.05) is 5.69 Å². The predicted octanol–water partition coefficient (Wildman–Crippen LogP) is 2.07. The highest BCUT2D eigenvalue weighted by molar-refractivity contribution is 7.92. The maximum Gasteiger partial charge on any atom is 0.233 e. The van der Waals surface area contributed by atoms with E-state index >= 15 is 0 Å². The molecule has 0 aliphatic heterocycles. The highest BCUT2D eigenvalue weighted by Crippen LogP contribution is 2.32. The van der Waals surface area contributed by atoms with Crippen LogP contribution < -0.4 is 10.5 Å². The summed E-state index contributed by atoms with van der Waals surface area (Å²) in [5.74, 6) is 0.468. The summed E-state index contributed by atoms with van der Waals surface area (Å²) in [5, 5.41) is 0.355. The van der Waals surface area contributed by atoms with Gasteiger partial charge in [0.15, 0.2) is 0 Å². The molecule has 1 fully saturated rings. The zero-order valence-electron chi connectivity index (χ0n) is 8.61. The molecule has 2 rings (SSSR count). The van der Waals surface area contributed by atoms with Crippen LogP contribution in [0.3, 0.4) is 0 Å². The molecule has 1 aromatic carbocycles. The van der Waals surface area contributed by atoms with Crippen LogP contribution in [0, 0.1) is 5.92 Å². The van der Waals surface area contributed by atoms with Gasteiger partial charge in [0.1, 0.15) is 0 Å². The summed E-state index contributed by atoms with van der Waals surface area (Å²) in [7, 11) is -3.30. The third-order valence-electron chi connectivity index (χ3n) is 2.41. The lowest BCUT2D eigenvalue weighted by atomic mass is 10.3. The van der Waals surface area contributed by atoms with E-state index in [1.807, 2.05) is 0 Å². The minimum absolute atomic E-state index is 0.165. The van der Waals surface area contributed by atoms with Crippen LogP contribution in [0.1, 0.15) is 12.8 Å². The van der Waals surface area contributed by atoms with E-state index in [9.17, 15) is 8.42 Å². The summed E-state index contributed by atoms with van der Waals surface area (Å²) in [6, 6.07) is 4.72. The number of sulfonamides is 1. The monoisotopic (exact) mass is 260 g/mol. The van der Waals surface area contributed by atoms with Crippen LogP contribution >= 0.6 is 11.6 Å². The van der Waals surface area contributed by atoms with Crippen LogP contribution in [-0.2, 0) is 10.0 Å². The lowest BCUT2D eigenvalue weighted by molar-refractivity contribution is 0.597. The Morgan fingerprint density at radius 2 is 2.12 bits per heavy atom. The van der Waals surface area contributed by atoms with Gasteiger partial charge in [-0.3, -0.25) is 4.72 Å².